The van der Waals surface area contributed by atoms with Gasteiger partial charge in [0.15, 0.2) is 5.78 Å². The van der Waals surface area contributed by atoms with Crippen LogP contribution in [0, 0.1) is 0 Å². The van der Waals surface area contributed by atoms with Gasteiger partial charge < -0.3 is 19.5 Å². The van der Waals surface area contributed by atoms with Crippen molar-refractivity contribution in [2.45, 2.75) is 32.1 Å². The van der Waals surface area contributed by atoms with Crippen LogP contribution in [0.1, 0.15) is 48.0 Å². The molecule has 2 aliphatic rings. The molecule has 0 saturated carbocycles. The molecule has 7 nitrogen and oxygen atoms in total. The molecule has 1 aromatic carbocycles. The van der Waals surface area contributed by atoms with Crippen LogP contribution in [0.5, 0.6) is 0 Å². The Bertz CT molecular complexity index is 881. The summed E-state index contributed by atoms with van der Waals surface area (Å²) >= 11 is 0. The maximum absolute atomic E-state index is 12.9. The highest BCUT2D eigenvalue weighted by atomic mass is 16.6. The van der Waals surface area contributed by atoms with Gasteiger partial charge in [0.2, 0.25) is 0 Å². The summed E-state index contributed by atoms with van der Waals surface area (Å²) in [7, 11) is 2.85. The zero-order valence-corrected chi connectivity index (χ0v) is 16.9. The molecule has 1 aliphatic heterocycles. The number of methoxy groups -OCH3 is 2. The van der Waals surface area contributed by atoms with E-state index in [9.17, 15) is 14.4 Å². The zero-order chi connectivity index (χ0) is 21.0. The van der Waals surface area contributed by atoms with Gasteiger partial charge in [0.1, 0.15) is 6.61 Å². The van der Waals surface area contributed by atoms with Gasteiger partial charge in [-0.15, -0.1) is 0 Å². The van der Waals surface area contributed by atoms with Crippen LogP contribution in [-0.2, 0) is 23.8 Å². The third kappa shape index (κ3) is 4.24. The van der Waals surface area contributed by atoms with Crippen LogP contribution in [0.15, 0.2) is 46.8 Å². The first-order chi connectivity index (χ1) is 14.0. The Morgan fingerprint density at radius 2 is 1.79 bits per heavy atom. The molecule has 0 saturated heterocycles. The molecule has 0 aromatic heterocycles. The fourth-order valence-electron chi connectivity index (χ4n) is 3.81. The third-order valence-corrected chi connectivity index (χ3v) is 5.18. The number of ether oxygens (including phenoxy) is 3. The highest BCUT2D eigenvalue weighted by molar-refractivity contribution is 6.03. The quantitative estimate of drug-likeness (QED) is 0.581. The molecule has 154 valence electrons. The number of nitrogens with one attached hydrogen (secondary N) is 1. The molecule has 1 N–H and O–H groups in total. The van der Waals surface area contributed by atoms with Crippen LogP contribution >= 0.6 is 0 Å². The van der Waals surface area contributed by atoms with Crippen LogP contribution in [0.2, 0.25) is 0 Å². The molecule has 0 unspecified atom stereocenters. The molecule has 1 aromatic rings. The van der Waals surface area contributed by atoms with Crippen molar-refractivity contribution in [3.8, 4) is 0 Å². The van der Waals surface area contributed by atoms with Gasteiger partial charge in [0.25, 0.3) is 0 Å². The van der Waals surface area contributed by atoms with Crippen molar-refractivity contribution in [3.05, 3.63) is 57.9 Å². The monoisotopic (exact) mass is 399 g/mol. The van der Waals surface area contributed by atoms with Crippen molar-refractivity contribution < 1.29 is 28.6 Å². The Labute approximate surface area is 169 Å². The van der Waals surface area contributed by atoms with E-state index in [1.165, 1.54) is 14.2 Å². The zero-order valence-electron chi connectivity index (χ0n) is 16.9. The maximum atomic E-state index is 12.9. The fourth-order valence-corrected chi connectivity index (χ4v) is 3.81. The van der Waals surface area contributed by atoms with Gasteiger partial charge in [0.05, 0.1) is 24.9 Å². The molecule has 1 atom stereocenters. The van der Waals surface area contributed by atoms with E-state index in [0.717, 1.165) is 24.1 Å². The molecule has 0 amide bonds. The lowest BCUT2D eigenvalue weighted by molar-refractivity contribution is -0.140. The summed E-state index contributed by atoms with van der Waals surface area (Å²) < 4.78 is 15.1. The number of allylic oxidation sites excluding steroid dienone is 3. The van der Waals surface area contributed by atoms with Gasteiger partial charge in [-0.1, -0.05) is 12.1 Å². The molecule has 1 heterocycles. The summed E-state index contributed by atoms with van der Waals surface area (Å²) in [4.78, 5) is 37.4. The van der Waals surface area contributed by atoms with Gasteiger partial charge in [-0.25, -0.2) is 9.59 Å². The average molecular weight is 399 g/mol. The number of rotatable bonds is 6. The van der Waals surface area contributed by atoms with E-state index in [2.05, 4.69) is 5.32 Å². The fraction of sp³-hybridized carbons (Fsp3) is 0.409. The number of benzene rings is 1. The Morgan fingerprint density at radius 1 is 1.07 bits per heavy atom. The number of hydrogen-bond acceptors (Lipinski definition) is 7. The summed E-state index contributed by atoms with van der Waals surface area (Å²) in [6.07, 6.45) is 1.98. The summed E-state index contributed by atoms with van der Waals surface area (Å²) in [6.45, 7) is 2.22. The molecule has 1 aliphatic carbocycles. The molecule has 29 heavy (non-hydrogen) atoms. The van der Waals surface area contributed by atoms with E-state index in [-0.39, 0.29) is 19.0 Å². The highest BCUT2D eigenvalue weighted by Crippen LogP contribution is 2.42. The van der Waals surface area contributed by atoms with Gasteiger partial charge in [-0.05, 0) is 37.5 Å². The average Bonchev–Trinajstić information content (AvgIpc) is 2.72. The minimum atomic E-state index is -0.541. The lowest BCUT2D eigenvalue weighted by Gasteiger charge is -2.34. The van der Waals surface area contributed by atoms with Gasteiger partial charge in [-0.3, -0.25) is 4.79 Å². The molecular formula is C22H25NO6. The summed E-state index contributed by atoms with van der Waals surface area (Å²) in [5.41, 5.74) is 3.68. The Kier molecular flexibility index (Phi) is 6.49. The maximum Gasteiger partial charge on any atom is 0.337 e. The van der Waals surface area contributed by atoms with E-state index in [1.54, 1.807) is 24.3 Å². The number of esters is 2. The molecule has 0 bridgehead atoms. The van der Waals surface area contributed by atoms with Crippen LogP contribution in [-0.4, -0.2) is 45.2 Å². The first-order valence-corrected chi connectivity index (χ1v) is 9.56. The third-order valence-electron chi connectivity index (χ3n) is 5.18. The second-order valence-corrected chi connectivity index (χ2v) is 7.01. The van der Waals surface area contributed by atoms with E-state index >= 15 is 0 Å². The van der Waals surface area contributed by atoms with Crippen molar-refractivity contribution in [3.63, 3.8) is 0 Å². The predicted octanol–water partition coefficient (Wildman–Crippen LogP) is 2.63. The Hall–Kier alpha value is -2.93. The second-order valence-electron chi connectivity index (χ2n) is 7.01. The van der Waals surface area contributed by atoms with E-state index in [1.807, 2.05) is 6.92 Å². The van der Waals surface area contributed by atoms with E-state index in [4.69, 9.17) is 14.2 Å². The van der Waals surface area contributed by atoms with E-state index in [0.29, 0.717) is 28.8 Å². The van der Waals surface area contributed by atoms with Crippen molar-refractivity contribution in [2.75, 3.05) is 27.4 Å². The largest absolute Gasteiger partial charge is 0.465 e. The van der Waals surface area contributed by atoms with Gasteiger partial charge in [0, 0.05) is 36.4 Å². The van der Waals surface area contributed by atoms with Crippen molar-refractivity contribution >= 4 is 17.7 Å². The van der Waals surface area contributed by atoms with Crippen LogP contribution in [0.25, 0.3) is 0 Å². The van der Waals surface area contributed by atoms with Gasteiger partial charge >= 0.3 is 11.9 Å². The van der Waals surface area contributed by atoms with Crippen molar-refractivity contribution in [1.29, 1.82) is 0 Å². The lowest BCUT2D eigenvalue weighted by atomic mass is 9.75. The summed E-state index contributed by atoms with van der Waals surface area (Å²) in [6, 6.07) is 6.79. The minimum absolute atomic E-state index is 0.0236. The number of carbonyl (C=O) groups is 3. The molecule has 0 fully saturated rings. The van der Waals surface area contributed by atoms with Crippen LogP contribution in [0.3, 0.4) is 0 Å². The topological polar surface area (TPSA) is 90.9 Å². The Morgan fingerprint density at radius 3 is 2.45 bits per heavy atom. The van der Waals surface area contributed by atoms with Crippen LogP contribution < -0.4 is 5.32 Å². The van der Waals surface area contributed by atoms with Crippen molar-refractivity contribution in [1.82, 2.24) is 5.32 Å². The number of carbonyl (C=O) groups excluding carboxylic acids is 3. The predicted molar refractivity (Wildman–Crippen MR) is 105 cm³/mol. The second kappa shape index (κ2) is 9.05. The number of hydrogen-bond donors (Lipinski definition) is 1. The molecule has 0 radical (unpaired) electrons. The van der Waals surface area contributed by atoms with Gasteiger partial charge in [-0.2, -0.15) is 0 Å². The van der Waals surface area contributed by atoms with E-state index < -0.39 is 17.9 Å². The van der Waals surface area contributed by atoms with Crippen LogP contribution in [0.4, 0.5) is 0 Å². The first kappa shape index (κ1) is 20.8. The number of Topliss-reactive ketones (excluding diaryl/α,β-unsaturated/α-hetero) is 1. The lowest BCUT2D eigenvalue weighted by Crippen LogP contribution is -2.34. The standard InChI is InChI=1S/C22H25NO6/c1-13-18(22(26)29-12-11-27-2)19(20-16(23-13)5-4-6-17(20)24)14-7-9-15(10-8-14)21(25)28-3/h7-10,19,23H,4-6,11-12H2,1-3H3/t19-/m0/s1. The summed E-state index contributed by atoms with van der Waals surface area (Å²) in [5, 5.41) is 3.24. The highest BCUT2D eigenvalue weighted by Gasteiger charge is 2.39. The summed E-state index contributed by atoms with van der Waals surface area (Å²) in [5.74, 6) is -1.45. The molecule has 0 spiro atoms. The first-order valence-electron chi connectivity index (χ1n) is 9.56. The number of dihydropyridines is 1. The smallest absolute Gasteiger partial charge is 0.337 e. The molecule has 7 heteroatoms. The number of ketones is 1. The Balaban J connectivity index is 2.03. The molecule has 3 rings (SSSR count). The molecular weight excluding hydrogens is 374 g/mol. The SMILES string of the molecule is COCCOC(=O)C1=C(C)NC2=C(C(=O)CCC2)[C@H]1c1ccc(C(=O)OC)cc1. The minimum Gasteiger partial charge on any atom is -0.465 e. The van der Waals surface area contributed by atoms with Crippen molar-refractivity contribution in [2.24, 2.45) is 0 Å². The normalized spacial score (nSPS) is 18.9.